The molecule has 2 aromatic rings. The molecule has 0 bridgehead atoms. The molecule has 2 aliphatic heterocycles. The molecule has 1 atom stereocenters. The molecule has 0 saturated carbocycles. The van der Waals surface area contributed by atoms with Crippen LogP contribution in [0.3, 0.4) is 0 Å². The first-order chi connectivity index (χ1) is 11.2. The van der Waals surface area contributed by atoms with Crippen LogP contribution in [0.25, 0.3) is 0 Å². The molecule has 0 spiro atoms. The molecule has 0 radical (unpaired) electrons. The van der Waals surface area contributed by atoms with E-state index >= 15 is 0 Å². The fraction of sp³-hybridized carbons (Fsp3) is 0.444. The number of carbonyl (C=O) groups excluding carboxylic acids is 1. The zero-order valence-corrected chi connectivity index (χ0v) is 13.5. The maximum atomic E-state index is 12.8. The second-order valence-corrected chi connectivity index (χ2v) is 6.57. The molecule has 1 aromatic carbocycles. The van der Waals surface area contributed by atoms with Gasteiger partial charge in [-0.25, -0.2) is 4.98 Å². The summed E-state index contributed by atoms with van der Waals surface area (Å²) in [5.41, 5.74) is 3.43. The van der Waals surface area contributed by atoms with Crippen molar-refractivity contribution >= 4 is 5.91 Å². The third-order valence-corrected chi connectivity index (χ3v) is 4.92. The van der Waals surface area contributed by atoms with Crippen LogP contribution in [0.2, 0.25) is 0 Å². The first kappa shape index (κ1) is 14.5. The zero-order valence-electron chi connectivity index (χ0n) is 13.5. The van der Waals surface area contributed by atoms with Gasteiger partial charge in [-0.15, -0.1) is 0 Å². The average Bonchev–Trinajstić information content (AvgIpc) is 2.87. The fourth-order valence-electron chi connectivity index (χ4n) is 3.59. The Morgan fingerprint density at radius 2 is 2.04 bits per heavy atom. The van der Waals surface area contributed by atoms with Gasteiger partial charge < -0.3 is 9.47 Å². The summed E-state index contributed by atoms with van der Waals surface area (Å²) in [6.07, 6.45) is 2.97. The van der Waals surface area contributed by atoms with E-state index in [1.54, 1.807) is 0 Å². The maximum absolute atomic E-state index is 12.8. The highest BCUT2D eigenvalue weighted by atomic mass is 16.2. The van der Waals surface area contributed by atoms with Crippen molar-refractivity contribution in [2.75, 3.05) is 19.6 Å². The number of amides is 1. The van der Waals surface area contributed by atoms with Crippen molar-refractivity contribution in [3.05, 3.63) is 53.6 Å². The van der Waals surface area contributed by atoms with E-state index in [0.29, 0.717) is 0 Å². The number of fused-ring (bicyclic) bond motifs is 1. The first-order valence-electron chi connectivity index (χ1n) is 8.27. The fourth-order valence-corrected chi connectivity index (χ4v) is 3.59. The summed E-state index contributed by atoms with van der Waals surface area (Å²) >= 11 is 0. The average molecular weight is 310 g/mol. The van der Waals surface area contributed by atoms with Crippen molar-refractivity contribution in [1.29, 1.82) is 0 Å². The van der Waals surface area contributed by atoms with E-state index in [-0.39, 0.29) is 11.8 Å². The molecular formula is C18H22N4O. The summed E-state index contributed by atoms with van der Waals surface area (Å²) < 4.78 is 2.03. The molecule has 2 aliphatic rings. The highest BCUT2D eigenvalue weighted by molar-refractivity contribution is 5.84. The molecule has 120 valence electrons. The molecule has 0 N–H and O–H groups in total. The van der Waals surface area contributed by atoms with Gasteiger partial charge in [-0.1, -0.05) is 30.3 Å². The smallest absolute Gasteiger partial charge is 0.233 e. The van der Waals surface area contributed by atoms with E-state index in [1.165, 1.54) is 5.56 Å². The normalized spacial score (nSPS) is 20.9. The number of rotatable bonds is 3. The summed E-state index contributed by atoms with van der Waals surface area (Å²) in [6.45, 7) is 4.26. The Hall–Kier alpha value is -2.14. The van der Waals surface area contributed by atoms with Crippen LogP contribution >= 0.6 is 0 Å². The topological polar surface area (TPSA) is 41.4 Å². The lowest BCUT2D eigenvalue weighted by atomic mass is 9.95. The summed E-state index contributed by atoms with van der Waals surface area (Å²) in [6, 6.07) is 10.4. The van der Waals surface area contributed by atoms with E-state index < -0.39 is 0 Å². The van der Waals surface area contributed by atoms with Crippen LogP contribution in [0.4, 0.5) is 0 Å². The standard InChI is InChI=1S/C18H22N4O/c1-20-13-19-16-12-21(10-14-6-3-2-4-7-14)11-15(17(16)20)18(23)22-8-5-9-22/h2-4,6-7,13,15H,5,8-12H2,1H3/t15-/m0/s1. The van der Waals surface area contributed by atoms with Crippen molar-refractivity contribution in [3.8, 4) is 0 Å². The number of imidazole rings is 1. The van der Waals surface area contributed by atoms with Crippen molar-refractivity contribution < 1.29 is 4.79 Å². The van der Waals surface area contributed by atoms with Crippen LogP contribution in [0.15, 0.2) is 36.7 Å². The van der Waals surface area contributed by atoms with Gasteiger partial charge in [0, 0.05) is 39.8 Å². The minimum Gasteiger partial charge on any atom is -0.342 e. The SMILES string of the molecule is Cn1cnc2c1[C@@H](C(=O)N1CCC1)CN(Cc1ccccc1)C2. The molecule has 0 aliphatic carbocycles. The van der Waals surface area contributed by atoms with Crippen molar-refractivity contribution in [2.45, 2.75) is 25.4 Å². The number of aromatic nitrogens is 2. The van der Waals surface area contributed by atoms with Crippen molar-refractivity contribution in [3.63, 3.8) is 0 Å². The van der Waals surface area contributed by atoms with Gasteiger partial charge in [-0.2, -0.15) is 0 Å². The van der Waals surface area contributed by atoms with Crippen LogP contribution in [-0.2, 0) is 24.9 Å². The lowest BCUT2D eigenvalue weighted by molar-refractivity contribution is -0.137. The van der Waals surface area contributed by atoms with Crippen LogP contribution in [-0.4, -0.2) is 44.9 Å². The Labute approximate surface area is 136 Å². The minimum absolute atomic E-state index is 0.0877. The number of hydrogen-bond acceptors (Lipinski definition) is 3. The first-order valence-corrected chi connectivity index (χ1v) is 8.27. The van der Waals surface area contributed by atoms with E-state index in [4.69, 9.17) is 0 Å². The third kappa shape index (κ3) is 2.65. The predicted molar refractivity (Wildman–Crippen MR) is 87.7 cm³/mol. The Morgan fingerprint density at radius 3 is 2.74 bits per heavy atom. The van der Waals surface area contributed by atoms with E-state index in [9.17, 15) is 4.79 Å². The van der Waals surface area contributed by atoms with Gasteiger partial charge in [0.25, 0.3) is 0 Å². The maximum Gasteiger partial charge on any atom is 0.233 e. The number of likely N-dealkylation sites (tertiary alicyclic amines) is 1. The molecule has 23 heavy (non-hydrogen) atoms. The van der Waals surface area contributed by atoms with Crippen LogP contribution in [0.5, 0.6) is 0 Å². The number of carbonyl (C=O) groups is 1. The minimum atomic E-state index is -0.0877. The Bertz CT molecular complexity index is 705. The predicted octanol–water partition coefficient (Wildman–Crippen LogP) is 1.75. The van der Waals surface area contributed by atoms with Crippen LogP contribution in [0.1, 0.15) is 29.3 Å². The molecule has 5 nitrogen and oxygen atoms in total. The van der Waals surface area contributed by atoms with Crippen molar-refractivity contribution in [2.24, 2.45) is 7.05 Å². The molecular weight excluding hydrogens is 288 g/mol. The largest absolute Gasteiger partial charge is 0.342 e. The van der Waals surface area contributed by atoms with Gasteiger partial charge in [0.2, 0.25) is 5.91 Å². The molecule has 1 amide bonds. The lowest BCUT2D eigenvalue weighted by Crippen LogP contribution is -2.48. The summed E-state index contributed by atoms with van der Waals surface area (Å²) in [4.78, 5) is 21.7. The van der Waals surface area contributed by atoms with Gasteiger partial charge in [0.15, 0.2) is 0 Å². The van der Waals surface area contributed by atoms with E-state index in [2.05, 4.69) is 34.1 Å². The highest BCUT2D eigenvalue weighted by Crippen LogP contribution is 2.31. The third-order valence-electron chi connectivity index (χ3n) is 4.92. The monoisotopic (exact) mass is 310 g/mol. The zero-order chi connectivity index (χ0) is 15.8. The second-order valence-electron chi connectivity index (χ2n) is 6.57. The summed E-state index contributed by atoms with van der Waals surface area (Å²) in [7, 11) is 2.00. The molecule has 1 fully saturated rings. The highest BCUT2D eigenvalue weighted by Gasteiger charge is 2.37. The van der Waals surface area contributed by atoms with Gasteiger partial charge in [0.05, 0.1) is 23.6 Å². The van der Waals surface area contributed by atoms with Crippen molar-refractivity contribution in [1.82, 2.24) is 19.4 Å². The molecule has 1 aromatic heterocycles. The molecule has 5 heteroatoms. The van der Waals surface area contributed by atoms with Gasteiger partial charge in [-0.05, 0) is 12.0 Å². The lowest BCUT2D eigenvalue weighted by Gasteiger charge is -2.38. The molecule has 1 saturated heterocycles. The Kier molecular flexibility index (Phi) is 3.65. The number of aryl methyl sites for hydroxylation is 1. The van der Waals surface area contributed by atoms with Gasteiger partial charge in [-0.3, -0.25) is 9.69 Å². The van der Waals surface area contributed by atoms with Gasteiger partial charge >= 0.3 is 0 Å². The number of nitrogens with zero attached hydrogens (tertiary/aromatic N) is 4. The second kappa shape index (κ2) is 5.81. The molecule has 3 heterocycles. The van der Waals surface area contributed by atoms with Gasteiger partial charge in [0.1, 0.15) is 0 Å². The Morgan fingerprint density at radius 1 is 1.26 bits per heavy atom. The quantitative estimate of drug-likeness (QED) is 0.867. The van der Waals surface area contributed by atoms with Crippen LogP contribution in [0, 0.1) is 0 Å². The summed E-state index contributed by atoms with van der Waals surface area (Å²) in [5, 5.41) is 0. The Balaban J connectivity index is 1.59. The number of benzene rings is 1. The summed E-state index contributed by atoms with van der Waals surface area (Å²) in [5.74, 6) is 0.175. The van der Waals surface area contributed by atoms with E-state index in [0.717, 1.165) is 50.5 Å². The van der Waals surface area contributed by atoms with Crippen LogP contribution < -0.4 is 0 Å². The molecule has 0 unspecified atom stereocenters. The number of hydrogen-bond donors (Lipinski definition) is 0. The molecule has 4 rings (SSSR count). The van der Waals surface area contributed by atoms with E-state index in [1.807, 2.05) is 28.9 Å².